The van der Waals surface area contributed by atoms with Crippen LogP contribution in [0, 0.1) is 23.2 Å². The summed E-state index contributed by atoms with van der Waals surface area (Å²) >= 11 is 0. The summed E-state index contributed by atoms with van der Waals surface area (Å²) in [6.45, 7) is 13.0. The fourth-order valence-electron chi connectivity index (χ4n) is 2.59. The van der Waals surface area contributed by atoms with Gasteiger partial charge in [0.1, 0.15) is 6.10 Å². The van der Waals surface area contributed by atoms with Crippen molar-refractivity contribution in [1.29, 1.82) is 0 Å². The standard InChI is InChI=1S/C16H30O2/c1-11(2)12(3)15(17)18-14-9-7-13(8-10-14)16(4,5)6/h11-14H,7-10H2,1-6H3. The average Bonchev–Trinajstić information content (AvgIpc) is 2.27. The van der Waals surface area contributed by atoms with Crippen molar-refractivity contribution in [3.63, 3.8) is 0 Å². The summed E-state index contributed by atoms with van der Waals surface area (Å²) in [6, 6.07) is 0. The molecule has 2 nitrogen and oxygen atoms in total. The zero-order valence-electron chi connectivity index (χ0n) is 13.0. The number of hydrogen-bond donors (Lipinski definition) is 0. The number of rotatable bonds is 3. The van der Waals surface area contributed by atoms with E-state index in [0.717, 1.165) is 18.8 Å². The van der Waals surface area contributed by atoms with Crippen LogP contribution in [0.5, 0.6) is 0 Å². The molecule has 1 unspecified atom stereocenters. The van der Waals surface area contributed by atoms with Crippen LogP contribution in [0.2, 0.25) is 0 Å². The summed E-state index contributed by atoms with van der Waals surface area (Å²) in [5.41, 5.74) is 0.389. The van der Waals surface area contributed by atoms with Crippen molar-refractivity contribution >= 4 is 5.97 Å². The van der Waals surface area contributed by atoms with Crippen molar-refractivity contribution in [2.45, 2.75) is 73.3 Å². The van der Waals surface area contributed by atoms with Gasteiger partial charge < -0.3 is 4.74 Å². The molecule has 0 saturated heterocycles. The van der Waals surface area contributed by atoms with Crippen LogP contribution >= 0.6 is 0 Å². The van der Waals surface area contributed by atoms with Crippen LogP contribution < -0.4 is 0 Å². The van der Waals surface area contributed by atoms with Crippen LogP contribution in [0.15, 0.2) is 0 Å². The second kappa shape index (κ2) is 6.08. The summed E-state index contributed by atoms with van der Waals surface area (Å²) in [5.74, 6) is 1.15. The highest BCUT2D eigenvalue weighted by molar-refractivity contribution is 5.72. The van der Waals surface area contributed by atoms with E-state index in [9.17, 15) is 4.79 Å². The van der Waals surface area contributed by atoms with Gasteiger partial charge in [-0.3, -0.25) is 4.79 Å². The van der Waals surface area contributed by atoms with Gasteiger partial charge in [0.15, 0.2) is 0 Å². The quantitative estimate of drug-likeness (QED) is 0.697. The maximum Gasteiger partial charge on any atom is 0.309 e. The van der Waals surface area contributed by atoms with Gasteiger partial charge in [-0.2, -0.15) is 0 Å². The van der Waals surface area contributed by atoms with Gasteiger partial charge in [-0.25, -0.2) is 0 Å². The molecule has 1 rings (SSSR count). The molecule has 0 spiro atoms. The summed E-state index contributed by atoms with van der Waals surface area (Å²) in [7, 11) is 0. The molecule has 0 N–H and O–H groups in total. The lowest BCUT2D eigenvalue weighted by molar-refractivity contribution is -0.157. The highest BCUT2D eigenvalue weighted by Crippen LogP contribution is 2.38. The molecule has 0 aromatic rings. The molecule has 0 radical (unpaired) electrons. The third-order valence-corrected chi connectivity index (χ3v) is 4.55. The van der Waals surface area contributed by atoms with Crippen molar-refractivity contribution in [1.82, 2.24) is 0 Å². The Morgan fingerprint density at radius 1 is 1.06 bits per heavy atom. The molecule has 1 aliphatic carbocycles. The lowest BCUT2D eigenvalue weighted by Crippen LogP contribution is -2.32. The molecular weight excluding hydrogens is 224 g/mol. The van der Waals surface area contributed by atoms with Gasteiger partial charge >= 0.3 is 5.97 Å². The molecule has 0 aliphatic heterocycles. The molecule has 1 saturated carbocycles. The lowest BCUT2D eigenvalue weighted by atomic mass is 9.72. The fraction of sp³-hybridized carbons (Fsp3) is 0.938. The van der Waals surface area contributed by atoms with Gasteiger partial charge in [0.05, 0.1) is 5.92 Å². The second-order valence-electron chi connectivity index (χ2n) is 7.31. The number of esters is 1. The molecule has 0 aromatic carbocycles. The second-order valence-corrected chi connectivity index (χ2v) is 7.31. The molecule has 18 heavy (non-hydrogen) atoms. The largest absolute Gasteiger partial charge is 0.462 e. The molecule has 106 valence electrons. The highest BCUT2D eigenvalue weighted by atomic mass is 16.5. The van der Waals surface area contributed by atoms with Crippen LogP contribution in [0.3, 0.4) is 0 Å². The predicted molar refractivity (Wildman–Crippen MR) is 75.3 cm³/mol. The first-order valence-electron chi connectivity index (χ1n) is 7.42. The molecule has 0 amide bonds. The van der Waals surface area contributed by atoms with E-state index >= 15 is 0 Å². The van der Waals surface area contributed by atoms with Crippen molar-refractivity contribution in [3.8, 4) is 0 Å². The van der Waals surface area contributed by atoms with E-state index in [2.05, 4.69) is 34.6 Å². The smallest absolute Gasteiger partial charge is 0.309 e. The molecule has 0 heterocycles. The fourth-order valence-corrected chi connectivity index (χ4v) is 2.59. The van der Waals surface area contributed by atoms with E-state index in [-0.39, 0.29) is 18.0 Å². The maximum atomic E-state index is 11.9. The van der Waals surface area contributed by atoms with Crippen molar-refractivity contribution < 1.29 is 9.53 Å². The van der Waals surface area contributed by atoms with Gasteiger partial charge in [0.2, 0.25) is 0 Å². The van der Waals surface area contributed by atoms with E-state index < -0.39 is 0 Å². The minimum atomic E-state index is -0.00999. The number of ether oxygens (including phenoxy) is 1. The Morgan fingerprint density at radius 2 is 1.56 bits per heavy atom. The molecule has 0 aromatic heterocycles. The SMILES string of the molecule is CC(C)C(C)C(=O)OC1CCC(C(C)(C)C)CC1. The zero-order chi connectivity index (χ0) is 13.9. The summed E-state index contributed by atoms with van der Waals surface area (Å²) < 4.78 is 5.64. The first-order chi connectivity index (χ1) is 8.21. The third-order valence-electron chi connectivity index (χ3n) is 4.55. The molecule has 1 fully saturated rings. The van der Waals surface area contributed by atoms with E-state index in [1.165, 1.54) is 12.8 Å². The first kappa shape index (κ1) is 15.5. The summed E-state index contributed by atoms with van der Waals surface area (Å²) in [4.78, 5) is 11.9. The van der Waals surface area contributed by atoms with E-state index in [4.69, 9.17) is 4.74 Å². The van der Waals surface area contributed by atoms with Crippen LogP contribution in [0.1, 0.15) is 67.2 Å². The minimum Gasteiger partial charge on any atom is -0.462 e. The van der Waals surface area contributed by atoms with Crippen molar-refractivity contribution in [2.24, 2.45) is 23.2 Å². The monoisotopic (exact) mass is 254 g/mol. The minimum absolute atomic E-state index is 0.00999. The molecule has 2 heteroatoms. The molecule has 1 aliphatic rings. The molecule has 0 bridgehead atoms. The lowest BCUT2D eigenvalue weighted by Gasteiger charge is -2.37. The zero-order valence-corrected chi connectivity index (χ0v) is 13.0. The Kier molecular flexibility index (Phi) is 5.24. The number of carbonyl (C=O) groups excluding carboxylic acids is 1. The predicted octanol–water partition coefficient (Wildman–Crippen LogP) is 4.43. The van der Waals surface area contributed by atoms with E-state index in [1.807, 2.05) is 6.92 Å². The summed E-state index contributed by atoms with van der Waals surface area (Å²) in [6.07, 6.45) is 4.63. The topological polar surface area (TPSA) is 26.3 Å². The van der Waals surface area contributed by atoms with Gasteiger partial charge in [0.25, 0.3) is 0 Å². The van der Waals surface area contributed by atoms with E-state index in [1.54, 1.807) is 0 Å². The van der Waals surface area contributed by atoms with Crippen molar-refractivity contribution in [3.05, 3.63) is 0 Å². The van der Waals surface area contributed by atoms with Gasteiger partial charge in [-0.05, 0) is 42.9 Å². The Morgan fingerprint density at radius 3 is 1.94 bits per heavy atom. The number of hydrogen-bond acceptors (Lipinski definition) is 2. The molecule has 1 atom stereocenters. The van der Waals surface area contributed by atoms with Crippen molar-refractivity contribution in [2.75, 3.05) is 0 Å². The Balaban J connectivity index is 2.38. The summed E-state index contributed by atoms with van der Waals surface area (Å²) in [5, 5.41) is 0. The van der Waals surface area contributed by atoms with E-state index in [0.29, 0.717) is 11.3 Å². The molecular formula is C16H30O2. The third kappa shape index (κ3) is 4.29. The average molecular weight is 254 g/mol. The van der Waals surface area contributed by atoms with Crippen LogP contribution in [-0.2, 0) is 9.53 Å². The number of carbonyl (C=O) groups is 1. The van der Waals surface area contributed by atoms with Crippen LogP contribution in [0.25, 0.3) is 0 Å². The Hall–Kier alpha value is -0.530. The van der Waals surface area contributed by atoms with Gasteiger partial charge in [-0.15, -0.1) is 0 Å². The van der Waals surface area contributed by atoms with Gasteiger partial charge in [0, 0.05) is 0 Å². The Labute approximate surface area is 112 Å². The van der Waals surface area contributed by atoms with Crippen LogP contribution in [-0.4, -0.2) is 12.1 Å². The van der Waals surface area contributed by atoms with Gasteiger partial charge in [-0.1, -0.05) is 41.5 Å². The maximum absolute atomic E-state index is 11.9. The normalized spacial score (nSPS) is 27.1. The first-order valence-corrected chi connectivity index (χ1v) is 7.42. The Bertz CT molecular complexity index is 267. The highest BCUT2D eigenvalue weighted by Gasteiger charge is 2.31. The van der Waals surface area contributed by atoms with Crippen LogP contribution in [0.4, 0.5) is 0 Å².